The number of aliphatic imine (C=N–C) groups is 1. The number of aryl methyl sites for hydroxylation is 1. The van der Waals surface area contributed by atoms with Crippen molar-refractivity contribution in [3.63, 3.8) is 0 Å². The minimum absolute atomic E-state index is 0.203. The predicted octanol–water partition coefficient (Wildman–Crippen LogP) is 4.31. The van der Waals surface area contributed by atoms with Gasteiger partial charge in [-0.3, -0.25) is 4.99 Å². The highest BCUT2D eigenvalue weighted by Gasteiger charge is 2.04. The van der Waals surface area contributed by atoms with Gasteiger partial charge in [0.1, 0.15) is 11.5 Å². The van der Waals surface area contributed by atoms with Gasteiger partial charge in [0.05, 0.1) is 5.69 Å². The van der Waals surface area contributed by atoms with Crippen LogP contribution < -0.4 is 0 Å². The number of nitrogens with zero attached hydrogens (tertiary/aromatic N) is 1. The van der Waals surface area contributed by atoms with Crippen molar-refractivity contribution in [1.82, 2.24) is 0 Å². The van der Waals surface area contributed by atoms with E-state index in [4.69, 9.17) is 0 Å². The SMILES string of the molecule is Cc1cc(O)ccc1N=Cc1c(O)ccc2ccccc12. The largest absolute Gasteiger partial charge is 0.508 e. The molecule has 0 atom stereocenters. The molecule has 3 aromatic carbocycles. The number of benzene rings is 3. The van der Waals surface area contributed by atoms with Gasteiger partial charge in [-0.15, -0.1) is 0 Å². The highest BCUT2D eigenvalue weighted by molar-refractivity contribution is 6.03. The summed E-state index contributed by atoms with van der Waals surface area (Å²) in [6.07, 6.45) is 1.66. The Morgan fingerprint density at radius 2 is 1.76 bits per heavy atom. The van der Waals surface area contributed by atoms with Gasteiger partial charge in [-0.25, -0.2) is 0 Å². The number of aromatic hydroxyl groups is 2. The lowest BCUT2D eigenvalue weighted by molar-refractivity contribution is 0.474. The first-order chi connectivity index (χ1) is 10.1. The third kappa shape index (κ3) is 2.58. The zero-order valence-electron chi connectivity index (χ0n) is 11.6. The molecule has 0 spiro atoms. The second-order valence-corrected chi connectivity index (χ2v) is 4.95. The van der Waals surface area contributed by atoms with E-state index in [1.165, 1.54) is 0 Å². The minimum atomic E-state index is 0.203. The monoisotopic (exact) mass is 277 g/mol. The molecule has 0 bridgehead atoms. The average molecular weight is 277 g/mol. The first-order valence-corrected chi connectivity index (χ1v) is 6.69. The van der Waals surface area contributed by atoms with Crippen LogP contribution in [0.4, 0.5) is 5.69 Å². The third-order valence-corrected chi connectivity index (χ3v) is 3.46. The Balaban J connectivity index is 2.09. The van der Waals surface area contributed by atoms with Crippen molar-refractivity contribution >= 4 is 22.7 Å². The van der Waals surface area contributed by atoms with E-state index in [-0.39, 0.29) is 11.5 Å². The van der Waals surface area contributed by atoms with Gasteiger partial charge in [0.15, 0.2) is 0 Å². The molecule has 0 aromatic heterocycles. The van der Waals surface area contributed by atoms with E-state index in [1.807, 2.05) is 37.3 Å². The second-order valence-electron chi connectivity index (χ2n) is 4.95. The van der Waals surface area contributed by atoms with E-state index in [1.54, 1.807) is 30.5 Å². The normalized spacial score (nSPS) is 11.3. The van der Waals surface area contributed by atoms with Crippen molar-refractivity contribution in [2.45, 2.75) is 6.92 Å². The quantitative estimate of drug-likeness (QED) is 0.686. The van der Waals surface area contributed by atoms with Crippen LogP contribution in [0, 0.1) is 6.92 Å². The number of phenolic OH excluding ortho intramolecular Hbond substituents is 2. The van der Waals surface area contributed by atoms with Gasteiger partial charge in [-0.1, -0.05) is 30.3 Å². The molecule has 0 aliphatic carbocycles. The van der Waals surface area contributed by atoms with Crippen LogP contribution in [0.25, 0.3) is 10.8 Å². The van der Waals surface area contributed by atoms with Crippen LogP contribution in [-0.2, 0) is 0 Å². The lowest BCUT2D eigenvalue weighted by Gasteiger charge is -2.05. The number of hydrogen-bond donors (Lipinski definition) is 2. The summed E-state index contributed by atoms with van der Waals surface area (Å²) in [7, 11) is 0. The molecule has 3 nitrogen and oxygen atoms in total. The molecule has 0 amide bonds. The maximum Gasteiger partial charge on any atom is 0.124 e. The summed E-state index contributed by atoms with van der Waals surface area (Å²) in [5.41, 5.74) is 2.34. The summed E-state index contributed by atoms with van der Waals surface area (Å²) in [6.45, 7) is 1.88. The Labute approximate surface area is 122 Å². The lowest BCUT2D eigenvalue weighted by Crippen LogP contribution is -1.86. The maximum absolute atomic E-state index is 10.1. The molecule has 21 heavy (non-hydrogen) atoms. The molecule has 0 unspecified atom stereocenters. The highest BCUT2D eigenvalue weighted by atomic mass is 16.3. The second kappa shape index (κ2) is 5.29. The van der Waals surface area contributed by atoms with Crippen molar-refractivity contribution in [1.29, 1.82) is 0 Å². The number of rotatable bonds is 2. The van der Waals surface area contributed by atoms with Crippen LogP contribution in [0.1, 0.15) is 11.1 Å². The van der Waals surface area contributed by atoms with Crippen LogP contribution >= 0.6 is 0 Å². The Kier molecular flexibility index (Phi) is 3.32. The van der Waals surface area contributed by atoms with Gasteiger partial charge < -0.3 is 10.2 Å². The molecule has 0 heterocycles. The van der Waals surface area contributed by atoms with Crippen LogP contribution in [0.2, 0.25) is 0 Å². The zero-order valence-corrected chi connectivity index (χ0v) is 11.6. The molecule has 3 aromatic rings. The van der Waals surface area contributed by atoms with E-state index in [0.29, 0.717) is 5.56 Å². The Morgan fingerprint density at radius 1 is 0.952 bits per heavy atom. The van der Waals surface area contributed by atoms with E-state index >= 15 is 0 Å². The molecule has 3 rings (SSSR count). The summed E-state index contributed by atoms with van der Waals surface area (Å²) >= 11 is 0. The van der Waals surface area contributed by atoms with Crippen molar-refractivity contribution in [3.8, 4) is 11.5 Å². The third-order valence-electron chi connectivity index (χ3n) is 3.46. The van der Waals surface area contributed by atoms with E-state index in [9.17, 15) is 10.2 Å². The van der Waals surface area contributed by atoms with Crippen molar-refractivity contribution in [2.75, 3.05) is 0 Å². The molecule has 0 aliphatic heterocycles. The first-order valence-electron chi connectivity index (χ1n) is 6.69. The number of hydrogen-bond acceptors (Lipinski definition) is 3. The minimum Gasteiger partial charge on any atom is -0.508 e. The molecular formula is C18H15NO2. The fourth-order valence-corrected chi connectivity index (χ4v) is 2.34. The number of phenols is 2. The molecule has 0 saturated carbocycles. The standard InChI is InChI=1S/C18H15NO2/c1-12-10-14(20)7-8-17(12)19-11-16-15-5-3-2-4-13(15)6-9-18(16)21/h2-11,20-21H,1H3. The van der Waals surface area contributed by atoms with Gasteiger partial charge in [0.2, 0.25) is 0 Å². The van der Waals surface area contributed by atoms with E-state index < -0.39 is 0 Å². The summed E-state index contributed by atoms with van der Waals surface area (Å²) in [5.74, 6) is 0.424. The number of fused-ring (bicyclic) bond motifs is 1. The molecule has 3 heteroatoms. The Bertz CT molecular complexity index is 838. The summed E-state index contributed by atoms with van der Waals surface area (Å²) < 4.78 is 0. The predicted molar refractivity (Wildman–Crippen MR) is 85.7 cm³/mol. The van der Waals surface area contributed by atoms with Crippen LogP contribution in [0.15, 0.2) is 59.6 Å². The van der Waals surface area contributed by atoms with Crippen molar-refractivity contribution in [3.05, 3.63) is 65.7 Å². The van der Waals surface area contributed by atoms with Gasteiger partial charge in [0, 0.05) is 11.8 Å². The summed E-state index contributed by atoms with van der Waals surface area (Å²) in [4.78, 5) is 4.43. The smallest absolute Gasteiger partial charge is 0.124 e. The molecule has 0 aliphatic rings. The Hall–Kier alpha value is -2.81. The van der Waals surface area contributed by atoms with Gasteiger partial charge in [0.25, 0.3) is 0 Å². The van der Waals surface area contributed by atoms with Crippen molar-refractivity contribution < 1.29 is 10.2 Å². The van der Waals surface area contributed by atoms with Crippen LogP contribution in [0.5, 0.6) is 11.5 Å². The lowest BCUT2D eigenvalue weighted by atomic mass is 10.0. The average Bonchev–Trinajstić information content (AvgIpc) is 2.48. The molecular weight excluding hydrogens is 262 g/mol. The molecule has 0 fully saturated rings. The fraction of sp³-hybridized carbons (Fsp3) is 0.0556. The van der Waals surface area contributed by atoms with Crippen LogP contribution in [0.3, 0.4) is 0 Å². The molecule has 0 saturated heterocycles. The highest BCUT2D eigenvalue weighted by Crippen LogP contribution is 2.27. The summed E-state index contributed by atoms with van der Waals surface area (Å²) in [6, 6.07) is 16.4. The molecule has 104 valence electrons. The van der Waals surface area contributed by atoms with Gasteiger partial charge >= 0.3 is 0 Å². The first kappa shape index (κ1) is 13.2. The summed E-state index contributed by atoms with van der Waals surface area (Å²) in [5, 5.41) is 21.5. The van der Waals surface area contributed by atoms with Gasteiger partial charge in [-0.05, 0) is 47.5 Å². The maximum atomic E-state index is 10.1. The molecule has 0 radical (unpaired) electrons. The van der Waals surface area contributed by atoms with Gasteiger partial charge in [-0.2, -0.15) is 0 Å². The van der Waals surface area contributed by atoms with E-state index in [2.05, 4.69) is 4.99 Å². The topological polar surface area (TPSA) is 52.8 Å². The van der Waals surface area contributed by atoms with Crippen molar-refractivity contribution in [2.24, 2.45) is 4.99 Å². The van der Waals surface area contributed by atoms with E-state index in [0.717, 1.165) is 22.0 Å². The van der Waals surface area contributed by atoms with Crippen LogP contribution in [-0.4, -0.2) is 16.4 Å². The zero-order chi connectivity index (χ0) is 14.8. The molecule has 2 N–H and O–H groups in total. The fourth-order valence-electron chi connectivity index (χ4n) is 2.34. The Morgan fingerprint density at radius 3 is 2.57 bits per heavy atom.